The molecule has 0 aliphatic heterocycles. The number of hydrogen-bond donors (Lipinski definition) is 3. The fourth-order valence-corrected chi connectivity index (χ4v) is 4.76. The van der Waals surface area contributed by atoms with Gasteiger partial charge in [0.05, 0.1) is 11.5 Å². The molecule has 0 unspecified atom stereocenters. The number of aryl methyl sites for hydroxylation is 1. The molecule has 34 heavy (non-hydrogen) atoms. The molecule has 0 bridgehead atoms. The highest BCUT2D eigenvalue weighted by atomic mass is 16.3. The quantitative estimate of drug-likeness (QED) is 0.499. The zero-order chi connectivity index (χ0) is 24.3. The summed E-state index contributed by atoms with van der Waals surface area (Å²) in [5.41, 5.74) is 1.17. The van der Waals surface area contributed by atoms with Crippen molar-refractivity contribution in [2.24, 2.45) is 11.8 Å². The highest BCUT2D eigenvalue weighted by Gasteiger charge is 2.55. The Bertz CT molecular complexity index is 1170. The van der Waals surface area contributed by atoms with Crippen molar-refractivity contribution in [1.82, 2.24) is 0 Å². The van der Waals surface area contributed by atoms with Crippen LogP contribution >= 0.6 is 0 Å². The number of ketones is 1. The highest BCUT2D eigenvalue weighted by molar-refractivity contribution is 6.10. The molecule has 0 spiro atoms. The van der Waals surface area contributed by atoms with Gasteiger partial charge < -0.3 is 15.7 Å². The minimum Gasteiger partial charge on any atom is -0.389 e. The number of nitrogens with one attached hydrogen (secondary N) is 2. The Morgan fingerprint density at radius 2 is 1.32 bits per heavy atom. The molecule has 6 heteroatoms. The molecule has 1 aliphatic carbocycles. The number of carbonyl (C=O) groups excluding carboxylic acids is 3. The lowest BCUT2D eigenvalue weighted by Crippen LogP contribution is -2.56. The highest BCUT2D eigenvalue weighted by Crippen LogP contribution is 2.46. The third-order valence-electron chi connectivity index (χ3n) is 6.38. The summed E-state index contributed by atoms with van der Waals surface area (Å²) >= 11 is 0. The molecule has 2 amide bonds. The molecule has 6 nitrogen and oxygen atoms in total. The summed E-state index contributed by atoms with van der Waals surface area (Å²) in [4.78, 5) is 40.2. The van der Waals surface area contributed by atoms with E-state index in [4.69, 9.17) is 0 Å². The number of hydrogen-bond acceptors (Lipinski definition) is 4. The van der Waals surface area contributed by atoms with Crippen LogP contribution in [0.5, 0.6) is 0 Å². The molecule has 3 N–H and O–H groups in total. The average molecular weight is 457 g/mol. The van der Waals surface area contributed by atoms with Crippen molar-refractivity contribution in [2.45, 2.75) is 31.8 Å². The number of benzene rings is 3. The van der Waals surface area contributed by atoms with E-state index in [9.17, 15) is 19.5 Å². The van der Waals surface area contributed by atoms with Crippen LogP contribution in [0.1, 0.15) is 30.4 Å². The molecule has 4 atom stereocenters. The first-order chi connectivity index (χ1) is 16.3. The fraction of sp³-hybridized carbons (Fsp3) is 0.250. The van der Waals surface area contributed by atoms with Gasteiger partial charge in [0.15, 0.2) is 0 Å². The van der Waals surface area contributed by atoms with Crippen molar-refractivity contribution in [1.29, 1.82) is 0 Å². The van der Waals surface area contributed by atoms with Crippen LogP contribution in [-0.4, -0.2) is 28.3 Å². The Balaban J connectivity index is 1.76. The van der Waals surface area contributed by atoms with Gasteiger partial charge in [-0.3, -0.25) is 14.4 Å². The molecule has 0 aromatic heterocycles. The van der Waals surface area contributed by atoms with Crippen molar-refractivity contribution in [3.8, 4) is 0 Å². The average Bonchev–Trinajstić information content (AvgIpc) is 2.79. The predicted molar refractivity (Wildman–Crippen MR) is 131 cm³/mol. The third kappa shape index (κ3) is 4.92. The van der Waals surface area contributed by atoms with Gasteiger partial charge in [0.1, 0.15) is 11.7 Å². The second-order valence-corrected chi connectivity index (χ2v) is 9.10. The summed E-state index contributed by atoms with van der Waals surface area (Å²) < 4.78 is 0. The Labute approximate surface area is 199 Å². The van der Waals surface area contributed by atoms with Gasteiger partial charge in [0.2, 0.25) is 11.8 Å². The van der Waals surface area contributed by atoms with Crippen LogP contribution in [0.4, 0.5) is 11.4 Å². The van der Waals surface area contributed by atoms with Crippen LogP contribution in [0.2, 0.25) is 0 Å². The van der Waals surface area contributed by atoms with E-state index in [-0.39, 0.29) is 6.42 Å². The van der Waals surface area contributed by atoms with E-state index in [1.807, 2.05) is 43.3 Å². The molecular weight excluding hydrogens is 428 g/mol. The normalized spacial score (nSPS) is 24.3. The standard InChI is InChI=1S/C28H28N2O4/c1-18-13-15-19(16-14-18)23-24(26(32)29-20-9-5-3-6-10-20)22(31)17-28(2,34)25(23)27(33)30-21-11-7-4-8-12-21/h3-16,23-25,34H,17H2,1-2H3,(H,29,32)(H,30,33)/t23-,24+,25-,28+/m0/s1. The zero-order valence-corrected chi connectivity index (χ0v) is 19.2. The largest absolute Gasteiger partial charge is 0.389 e. The Morgan fingerprint density at radius 1 is 0.824 bits per heavy atom. The Kier molecular flexibility index (Phi) is 6.61. The molecule has 4 rings (SSSR count). The Hall–Kier alpha value is -3.77. The maximum atomic E-state index is 13.6. The summed E-state index contributed by atoms with van der Waals surface area (Å²) in [6, 6.07) is 25.2. The van der Waals surface area contributed by atoms with Gasteiger partial charge in [-0.05, 0) is 43.7 Å². The van der Waals surface area contributed by atoms with E-state index < -0.39 is 41.0 Å². The number of amides is 2. The number of aliphatic hydroxyl groups is 1. The van der Waals surface area contributed by atoms with Crippen LogP contribution in [0, 0.1) is 18.8 Å². The van der Waals surface area contributed by atoms with E-state index in [1.54, 1.807) is 48.5 Å². The lowest BCUT2D eigenvalue weighted by molar-refractivity contribution is -0.150. The lowest BCUT2D eigenvalue weighted by Gasteiger charge is -2.44. The summed E-state index contributed by atoms with van der Waals surface area (Å²) in [6.07, 6.45) is -0.297. The Morgan fingerprint density at radius 3 is 1.85 bits per heavy atom. The van der Waals surface area contributed by atoms with Crippen molar-refractivity contribution in [3.63, 3.8) is 0 Å². The number of Topliss-reactive ketones (excluding diaryl/α,β-unsaturated/α-hetero) is 1. The van der Waals surface area contributed by atoms with E-state index in [0.29, 0.717) is 16.9 Å². The first kappa shape index (κ1) is 23.4. The van der Waals surface area contributed by atoms with E-state index in [2.05, 4.69) is 10.6 Å². The van der Waals surface area contributed by atoms with Crippen LogP contribution in [0.25, 0.3) is 0 Å². The molecule has 0 heterocycles. The summed E-state index contributed by atoms with van der Waals surface area (Å²) in [6.45, 7) is 3.43. The van der Waals surface area contributed by atoms with Crippen molar-refractivity contribution >= 4 is 29.0 Å². The topological polar surface area (TPSA) is 95.5 Å². The number of anilines is 2. The van der Waals surface area contributed by atoms with Crippen LogP contribution in [0.3, 0.4) is 0 Å². The monoisotopic (exact) mass is 456 g/mol. The first-order valence-corrected chi connectivity index (χ1v) is 11.3. The van der Waals surface area contributed by atoms with Gasteiger partial charge in [-0.25, -0.2) is 0 Å². The van der Waals surface area contributed by atoms with Gasteiger partial charge in [0, 0.05) is 23.7 Å². The van der Waals surface area contributed by atoms with Crippen molar-refractivity contribution < 1.29 is 19.5 Å². The molecule has 1 aliphatic rings. The van der Waals surface area contributed by atoms with E-state index >= 15 is 0 Å². The van der Waals surface area contributed by atoms with Gasteiger partial charge in [-0.15, -0.1) is 0 Å². The minimum atomic E-state index is -1.63. The molecule has 1 saturated carbocycles. The number of rotatable bonds is 5. The van der Waals surface area contributed by atoms with Crippen LogP contribution in [-0.2, 0) is 14.4 Å². The van der Waals surface area contributed by atoms with Gasteiger partial charge >= 0.3 is 0 Å². The van der Waals surface area contributed by atoms with E-state index in [1.165, 1.54) is 6.92 Å². The molecule has 0 saturated heterocycles. The first-order valence-electron chi connectivity index (χ1n) is 11.3. The SMILES string of the molecule is Cc1ccc([C@H]2[C@H](C(=O)Nc3ccccc3)C(=O)C[C@@](C)(O)[C@@H]2C(=O)Nc2ccccc2)cc1. The maximum absolute atomic E-state index is 13.6. The zero-order valence-electron chi connectivity index (χ0n) is 19.2. The second-order valence-electron chi connectivity index (χ2n) is 9.10. The minimum absolute atomic E-state index is 0.297. The predicted octanol–water partition coefficient (Wildman–Crippen LogP) is 4.31. The summed E-state index contributed by atoms with van der Waals surface area (Å²) in [5, 5.41) is 17.0. The fourth-order valence-electron chi connectivity index (χ4n) is 4.76. The lowest BCUT2D eigenvalue weighted by atomic mass is 9.61. The molecule has 174 valence electrons. The molecule has 3 aromatic rings. The van der Waals surface area contributed by atoms with E-state index in [0.717, 1.165) is 5.56 Å². The molecule has 1 fully saturated rings. The van der Waals surface area contributed by atoms with Crippen LogP contribution in [0.15, 0.2) is 84.9 Å². The van der Waals surface area contributed by atoms with Gasteiger partial charge in [-0.1, -0.05) is 66.2 Å². The summed E-state index contributed by atoms with van der Waals surface area (Å²) in [7, 11) is 0. The van der Waals surface area contributed by atoms with Gasteiger partial charge in [-0.2, -0.15) is 0 Å². The third-order valence-corrected chi connectivity index (χ3v) is 6.38. The van der Waals surface area contributed by atoms with Crippen molar-refractivity contribution in [2.75, 3.05) is 10.6 Å². The summed E-state index contributed by atoms with van der Waals surface area (Å²) in [5.74, 6) is -4.33. The van der Waals surface area contributed by atoms with Gasteiger partial charge in [0.25, 0.3) is 0 Å². The maximum Gasteiger partial charge on any atom is 0.235 e. The molecule has 0 radical (unpaired) electrons. The number of carbonyl (C=O) groups is 3. The smallest absolute Gasteiger partial charge is 0.235 e. The molecule has 3 aromatic carbocycles. The second kappa shape index (κ2) is 9.61. The number of para-hydroxylation sites is 2. The van der Waals surface area contributed by atoms with Crippen molar-refractivity contribution in [3.05, 3.63) is 96.1 Å². The molecular formula is C28H28N2O4. The van der Waals surface area contributed by atoms with Crippen LogP contribution < -0.4 is 10.6 Å².